The van der Waals surface area contributed by atoms with Gasteiger partial charge in [-0.2, -0.15) is 0 Å². The number of rotatable bonds is 9. The maximum Gasteiger partial charge on any atom is 0.265 e. The molecule has 1 aliphatic rings. The first-order chi connectivity index (χ1) is 17.7. The molecule has 0 atom stereocenters. The van der Waals surface area contributed by atoms with Crippen molar-refractivity contribution in [1.29, 1.82) is 0 Å². The summed E-state index contributed by atoms with van der Waals surface area (Å²) >= 11 is 0. The van der Waals surface area contributed by atoms with Crippen molar-refractivity contribution in [3.8, 4) is 23.0 Å². The predicted octanol–water partition coefficient (Wildman–Crippen LogP) is 4.81. The second kappa shape index (κ2) is 11.2. The molecule has 0 unspecified atom stereocenters. The number of amides is 2. The smallest absolute Gasteiger partial charge is 0.265 e. The molecule has 0 saturated heterocycles. The highest BCUT2D eigenvalue weighted by atomic mass is 16.5. The standard InChI is InChI=1S/C29H32N2O6/c1-29(2,3)20-8-11-22(12-9-20)35-15-14-31-25-16-21(10-13-26(25)37-19-28(31)33)30-27(32)18-36-24-7-5-6-23(17-24)34-4/h5-13,16-17H,14-15,18-19H2,1-4H3,(H,30,32). The summed E-state index contributed by atoms with van der Waals surface area (Å²) in [6, 6.07) is 20.2. The number of benzene rings is 3. The number of carbonyl (C=O) groups excluding carboxylic acids is 2. The van der Waals surface area contributed by atoms with E-state index in [9.17, 15) is 9.59 Å². The maximum atomic E-state index is 12.6. The third kappa shape index (κ3) is 6.73. The van der Waals surface area contributed by atoms with Crippen LogP contribution < -0.4 is 29.2 Å². The third-order valence-electron chi connectivity index (χ3n) is 5.90. The SMILES string of the molecule is COc1cccc(OCC(=O)Nc2ccc3c(c2)N(CCOc2ccc(C(C)(C)C)cc2)C(=O)CO3)c1. The average molecular weight is 505 g/mol. The normalized spacial score (nSPS) is 12.9. The van der Waals surface area contributed by atoms with Crippen LogP contribution in [0.1, 0.15) is 26.3 Å². The minimum absolute atomic E-state index is 0.0483. The van der Waals surface area contributed by atoms with E-state index in [0.29, 0.717) is 41.8 Å². The molecule has 0 aromatic heterocycles. The summed E-state index contributed by atoms with van der Waals surface area (Å²) in [5.41, 5.74) is 2.40. The Morgan fingerprint density at radius 1 is 0.973 bits per heavy atom. The van der Waals surface area contributed by atoms with Gasteiger partial charge in [0, 0.05) is 11.8 Å². The summed E-state index contributed by atoms with van der Waals surface area (Å²) < 4.78 is 22.2. The van der Waals surface area contributed by atoms with E-state index in [4.69, 9.17) is 18.9 Å². The first-order valence-electron chi connectivity index (χ1n) is 12.1. The van der Waals surface area contributed by atoms with Gasteiger partial charge < -0.3 is 29.2 Å². The van der Waals surface area contributed by atoms with Crippen molar-refractivity contribution >= 4 is 23.2 Å². The van der Waals surface area contributed by atoms with Crippen LogP contribution in [0.5, 0.6) is 23.0 Å². The monoisotopic (exact) mass is 504 g/mol. The number of hydrogen-bond acceptors (Lipinski definition) is 6. The van der Waals surface area contributed by atoms with Gasteiger partial charge >= 0.3 is 0 Å². The van der Waals surface area contributed by atoms with Crippen LogP contribution in [0.2, 0.25) is 0 Å². The molecule has 0 aliphatic carbocycles. The lowest BCUT2D eigenvalue weighted by molar-refractivity contribution is -0.121. The Morgan fingerprint density at radius 3 is 2.46 bits per heavy atom. The largest absolute Gasteiger partial charge is 0.497 e. The molecule has 4 rings (SSSR count). The summed E-state index contributed by atoms with van der Waals surface area (Å²) in [6.45, 7) is 6.91. The first kappa shape index (κ1) is 25.9. The second-order valence-corrected chi connectivity index (χ2v) is 9.66. The molecule has 8 heteroatoms. The van der Waals surface area contributed by atoms with Crippen molar-refractivity contribution in [2.45, 2.75) is 26.2 Å². The zero-order valence-corrected chi connectivity index (χ0v) is 21.6. The minimum atomic E-state index is -0.334. The van der Waals surface area contributed by atoms with Crippen LogP contribution in [0.4, 0.5) is 11.4 Å². The maximum absolute atomic E-state index is 12.6. The molecular formula is C29H32N2O6. The highest BCUT2D eigenvalue weighted by Crippen LogP contribution is 2.34. The van der Waals surface area contributed by atoms with Crippen LogP contribution in [-0.2, 0) is 15.0 Å². The molecule has 0 fully saturated rings. The van der Waals surface area contributed by atoms with E-state index in [0.717, 1.165) is 5.75 Å². The number of fused-ring (bicyclic) bond motifs is 1. The summed E-state index contributed by atoms with van der Waals surface area (Å²) in [5, 5.41) is 2.81. The van der Waals surface area contributed by atoms with Gasteiger partial charge in [0.05, 0.1) is 19.3 Å². The fraction of sp³-hybridized carbons (Fsp3) is 0.310. The van der Waals surface area contributed by atoms with E-state index in [1.54, 1.807) is 54.5 Å². The van der Waals surface area contributed by atoms with Crippen molar-refractivity contribution in [3.05, 3.63) is 72.3 Å². The molecule has 37 heavy (non-hydrogen) atoms. The first-order valence-corrected chi connectivity index (χ1v) is 12.1. The fourth-order valence-corrected chi connectivity index (χ4v) is 3.87. The van der Waals surface area contributed by atoms with E-state index in [1.807, 2.05) is 12.1 Å². The van der Waals surface area contributed by atoms with Crippen LogP contribution >= 0.6 is 0 Å². The molecular weight excluding hydrogens is 472 g/mol. The number of methoxy groups -OCH3 is 1. The van der Waals surface area contributed by atoms with Crippen LogP contribution in [0.25, 0.3) is 0 Å². The number of anilines is 2. The lowest BCUT2D eigenvalue weighted by atomic mass is 9.87. The van der Waals surface area contributed by atoms with E-state index >= 15 is 0 Å². The molecule has 8 nitrogen and oxygen atoms in total. The lowest BCUT2D eigenvalue weighted by Crippen LogP contribution is -2.41. The molecule has 1 heterocycles. The Hall–Kier alpha value is -4.20. The van der Waals surface area contributed by atoms with Gasteiger partial charge in [0.25, 0.3) is 11.8 Å². The van der Waals surface area contributed by atoms with E-state index in [2.05, 4.69) is 38.2 Å². The highest BCUT2D eigenvalue weighted by molar-refractivity contribution is 5.99. The number of nitrogens with zero attached hydrogens (tertiary/aromatic N) is 1. The Bertz CT molecular complexity index is 1250. The summed E-state index contributed by atoms with van der Waals surface area (Å²) in [6.07, 6.45) is 0. The topological polar surface area (TPSA) is 86.3 Å². The number of nitrogens with one attached hydrogen (secondary N) is 1. The molecule has 194 valence electrons. The van der Waals surface area contributed by atoms with Gasteiger partial charge in [0.1, 0.15) is 29.6 Å². The quantitative estimate of drug-likeness (QED) is 0.450. The number of hydrogen-bond donors (Lipinski definition) is 1. The Balaban J connectivity index is 1.36. The van der Waals surface area contributed by atoms with Gasteiger partial charge in [-0.3, -0.25) is 9.59 Å². The van der Waals surface area contributed by atoms with Gasteiger partial charge in [-0.25, -0.2) is 0 Å². The second-order valence-electron chi connectivity index (χ2n) is 9.66. The van der Waals surface area contributed by atoms with Gasteiger partial charge in [-0.1, -0.05) is 39.0 Å². The van der Waals surface area contributed by atoms with Crippen molar-refractivity contribution < 1.29 is 28.5 Å². The zero-order chi connectivity index (χ0) is 26.4. The van der Waals surface area contributed by atoms with E-state index in [1.165, 1.54) is 5.56 Å². The van der Waals surface area contributed by atoms with Gasteiger partial charge in [-0.15, -0.1) is 0 Å². The Morgan fingerprint density at radius 2 is 1.73 bits per heavy atom. The average Bonchev–Trinajstić information content (AvgIpc) is 2.88. The molecule has 1 aliphatic heterocycles. The van der Waals surface area contributed by atoms with E-state index < -0.39 is 0 Å². The van der Waals surface area contributed by atoms with Crippen LogP contribution in [0, 0.1) is 0 Å². The predicted molar refractivity (Wildman–Crippen MR) is 142 cm³/mol. The van der Waals surface area contributed by atoms with Crippen molar-refractivity contribution in [2.75, 3.05) is 43.7 Å². The summed E-state index contributed by atoms with van der Waals surface area (Å²) in [4.78, 5) is 26.7. The van der Waals surface area contributed by atoms with Gasteiger partial charge in [0.2, 0.25) is 0 Å². The summed E-state index contributed by atoms with van der Waals surface area (Å²) in [7, 11) is 1.57. The molecule has 0 radical (unpaired) electrons. The van der Waals surface area contributed by atoms with Crippen LogP contribution in [0.15, 0.2) is 66.7 Å². The molecule has 0 saturated carbocycles. The molecule has 1 N–H and O–H groups in total. The molecule has 3 aromatic rings. The van der Waals surface area contributed by atoms with Crippen molar-refractivity contribution in [2.24, 2.45) is 0 Å². The van der Waals surface area contributed by atoms with Crippen LogP contribution in [-0.4, -0.2) is 45.3 Å². The fourth-order valence-electron chi connectivity index (χ4n) is 3.87. The molecule has 3 aromatic carbocycles. The number of carbonyl (C=O) groups is 2. The molecule has 2 amide bonds. The molecule has 0 spiro atoms. The highest BCUT2D eigenvalue weighted by Gasteiger charge is 2.26. The minimum Gasteiger partial charge on any atom is -0.497 e. The van der Waals surface area contributed by atoms with Crippen molar-refractivity contribution in [1.82, 2.24) is 0 Å². The van der Waals surface area contributed by atoms with Crippen LogP contribution in [0.3, 0.4) is 0 Å². The summed E-state index contributed by atoms with van der Waals surface area (Å²) in [5.74, 6) is 1.97. The molecule has 0 bridgehead atoms. The van der Waals surface area contributed by atoms with Gasteiger partial charge in [-0.05, 0) is 53.4 Å². The zero-order valence-electron chi connectivity index (χ0n) is 21.6. The Labute approximate surface area is 217 Å². The third-order valence-corrected chi connectivity index (χ3v) is 5.90. The van der Waals surface area contributed by atoms with Crippen molar-refractivity contribution in [3.63, 3.8) is 0 Å². The van der Waals surface area contributed by atoms with Gasteiger partial charge in [0.15, 0.2) is 13.2 Å². The Kier molecular flexibility index (Phi) is 7.86. The lowest BCUT2D eigenvalue weighted by Gasteiger charge is -2.29. The number of ether oxygens (including phenoxy) is 4. The van der Waals surface area contributed by atoms with E-state index in [-0.39, 0.29) is 30.4 Å².